The summed E-state index contributed by atoms with van der Waals surface area (Å²) in [6.07, 6.45) is 2.11. The van der Waals surface area contributed by atoms with E-state index in [1.807, 2.05) is 11.0 Å². The lowest BCUT2D eigenvalue weighted by atomic mass is 10.0. The maximum atomic E-state index is 13.0. The minimum Gasteiger partial charge on any atom is -0.351 e. The number of benzene rings is 1. The molecular formula is C18H14F3N5. The zero-order valence-corrected chi connectivity index (χ0v) is 13.5. The van der Waals surface area contributed by atoms with Crippen molar-refractivity contribution in [1.29, 1.82) is 0 Å². The summed E-state index contributed by atoms with van der Waals surface area (Å²) in [7, 11) is 0. The van der Waals surface area contributed by atoms with Crippen molar-refractivity contribution in [2.24, 2.45) is 0 Å². The normalized spacial score (nSPS) is 13.4. The Balaban J connectivity index is 1.66. The molecule has 2 aromatic heterocycles. The molecule has 0 atom stereocenters. The molecule has 3 heterocycles. The molecule has 0 unspecified atom stereocenters. The summed E-state index contributed by atoms with van der Waals surface area (Å²) in [5, 5.41) is 3.17. The van der Waals surface area contributed by atoms with Crippen LogP contribution in [0.4, 0.5) is 24.7 Å². The number of aromatic nitrogens is 3. The molecule has 1 aliphatic rings. The van der Waals surface area contributed by atoms with Gasteiger partial charge in [0.15, 0.2) is 5.82 Å². The summed E-state index contributed by atoms with van der Waals surface area (Å²) in [6, 6.07) is 7.09. The maximum Gasteiger partial charge on any atom is 0.416 e. The van der Waals surface area contributed by atoms with Crippen LogP contribution in [0.15, 0.2) is 55.1 Å². The molecule has 1 aromatic carbocycles. The van der Waals surface area contributed by atoms with E-state index in [2.05, 4.69) is 20.3 Å². The lowest BCUT2D eigenvalue weighted by Gasteiger charge is -2.17. The summed E-state index contributed by atoms with van der Waals surface area (Å²) in [4.78, 5) is 14.7. The highest BCUT2D eigenvalue weighted by Gasteiger charge is 2.30. The monoisotopic (exact) mass is 357 g/mol. The van der Waals surface area contributed by atoms with Gasteiger partial charge in [0.05, 0.1) is 36.4 Å². The number of anilines is 2. The van der Waals surface area contributed by atoms with E-state index in [4.69, 9.17) is 0 Å². The number of nitrogens with zero attached hydrogens (tertiary/aromatic N) is 4. The zero-order chi connectivity index (χ0) is 18.1. The highest BCUT2D eigenvalue weighted by Crippen LogP contribution is 2.36. The van der Waals surface area contributed by atoms with Crippen LogP contribution in [0, 0.1) is 0 Å². The van der Waals surface area contributed by atoms with Crippen LogP contribution in [0.25, 0.3) is 11.1 Å². The number of hydrogen-bond acceptors (Lipinski definition) is 5. The van der Waals surface area contributed by atoms with Gasteiger partial charge >= 0.3 is 6.18 Å². The summed E-state index contributed by atoms with van der Waals surface area (Å²) >= 11 is 0. The highest BCUT2D eigenvalue weighted by molar-refractivity contribution is 5.77. The maximum absolute atomic E-state index is 13.0. The molecule has 0 bridgehead atoms. The third-order valence-electron chi connectivity index (χ3n) is 4.14. The summed E-state index contributed by atoms with van der Waals surface area (Å²) in [5.74, 6) is 0.699. The minimum atomic E-state index is -4.38. The van der Waals surface area contributed by atoms with Crippen LogP contribution in [0.5, 0.6) is 0 Å². The molecule has 0 saturated carbocycles. The number of fused-ring (bicyclic) bond motifs is 1. The average Bonchev–Trinajstić information content (AvgIpc) is 3.04. The van der Waals surface area contributed by atoms with Gasteiger partial charge in [0.2, 0.25) is 0 Å². The van der Waals surface area contributed by atoms with Crippen LogP contribution >= 0.6 is 0 Å². The summed E-state index contributed by atoms with van der Waals surface area (Å²) in [5.41, 5.74) is 2.05. The second kappa shape index (κ2) is 6.29. The van der Waals surface area contributed by atoms with Crippen LogP contribution in [-0.4, -0.2) is 21.6 Å². The molecule has 132 valence electrons. The summed E-state index contributed by atoms with van der Waals surface area (Å²) < 4.78 is 38.9. The lowest BCUT2D eigenvalue weighted by Crippen LogP contribution is -2.22. The van der Waals surface area contributed by atoms with Crippen LogP contribution in [0.1, 0.15) is 11.3 Å². The van der Waals surface area contributed by atoms with Crippen molar-refractivity contribution >= 4 is 11.5 Å². The van der Waals surface area contributed by atoms with E-state index in [1.54, 1.807) is 30.9 Å². The quantitative estimate of drug-likeness (QED) is 0.769. The van der Waals surface area contributed by atoms with Gasteiger partial charge in [-0.3, -0.25) is 9.97 Å². The molecule has 0 aliphatic carbocycles. The minimum absolute atomic E-state index is 0.474. The number of halogens is 3. The largest absolute Gasteiger partial charge is 0.416 e. The van der Waals surface area contributed by atoms with Crippen molar-refractivity contribution in [2.45, 2.75) is 12.7 Å². The van der Waals surface area contributed by atoms with Crippen molar-refractivity contribution in [1.82, 2.24) is 15.0 Å². The van der Waals surface area contributed by atoms with E-state index in [1.165, 1.54) is 6.07 Å². The van der Waals surface area contributed by atoms with Crippen molar-refractivity contribution in [3.63, 3.8) is 0 Å². The molecular weight excluding hydrogens is 343 g/mol. The number of nitrogens with one attached hydrogen (secondary N) is 1. The smallest absolute Gasteiger partial charge is 0.351 e. The molecule has 0 saturated heterocycles. The number of hydrogen-bond donors (Lipinski definition) is 1. The van der Waals surface area contributed by atoms with E-state index >= 15 is 0 Å². The topological polar surface area (TPSA) is 53.9 Å². The Morgan fingerprint density at radius 1 is 1.04 bits per heavy atom. The Labute approximate surface area is 147 Å². The number of alkyl halides is 3. The van der Waals surface area contributed by atoms with E-state index < -0.39 is 11.7 Å². The van der Waals surface area contributed by atoms with Crippen molar-refractivity contribution in [3.05, 3.63) is 66.4 Å². The Hall–Kier alpha value is -3.16. The second-order valence-corrected chi connectivity index (χ2v) is 5.90. The van der Waals surface area contributed by atoms with Gasteiger partial charge in [-0.15, -0.1) is 0 Å². The molecule has 1 aliphatic heterocycles. The van der Waals surface area contributed by atoms with Gasteiger partial charge in [-0.1, -0.05) is 12.1 Å². The Bertz CT molecular complexity index is 928. The van der Waals surface area contributed by atoms with Crippen LogP contribution in [0.3, 0.4) is 0 Å². The molecule has 1 N–H and O–H groups in total. The van der Waals surface area contributed by atoms with E-state index in [9.17, 15) is 13.2 Å². The zero-order valence-electron chi connectivity index (χ0n) is 13.5. The fourth-order valence-electron chi connectivity index (χ4n) is 2.87. The predicted octanol–water partition coefficient (Wildman–Crippen LogP) is 3.95. The SMILES string of the molecule is FC(F)(F)c1cccc(-c2cnc3c(c2)N(Cc2cnccn2)CN3)c1. The van der Waals surface area contributed by atoms with Crippen molar-refractivity contribution in [3.8, 4) is 11.1 Å². The first-order chi connectivity index (χ1) is 12.5. The number of rotatable bonds is 3. The Morgan fingerprint density at radius 2 is 1.92 bits per heavy atom. The Morgan fingerprint density at radius 3 is 2.69 bits per heavy atom. The van der Waals surface area contributed by atoms with Gasteiger partial charge in [-0.25, -0.2) is 4.98 Å². The van der Waals surface area contributed by atoms with Crippen molar-refractivity contribution in [2.75, 3.05) is 16.9 Å². The van der Waals surface area contributed by atoms with Crippen LogP contribution in [-0.2, 0) is 12.7 Å². The Kier molecular flexibility index (Phi) is 3.95. The molecule has 3 aromatic rings. The predicted molar refractivity (Wildman–Crippen MR) is 91.4 cm³/mol. The molecule has 5 nitrogen and oxygen atoms in total. The van der Waals surface area contributed by atoms with Crippen molar-refractivity contribution < 1.29 is 13.2 Å². The fourth-order valence-corrected chi connectivity index (χ4v) is 2.87. The number of pyridine rings is 1. The third kappa shape index (κ3) is 3.17. The van der Waals surface area contributed by atoms with Gasteiger partial charge in [-0.2, -0.15) is 13.2 Å². The summed E-state index contributed by atoms with van der Waals surface area (Å²) in [6.45, 7) is 1.08. The van der Waals surface area contributed by atoms with Gasteiger partial charge < -0.3 is 10.2 Å². The third-order valence-corrected chi connectivity index (χ3v) is 4.14. The van der Waals surface area contributed by atoms with Crippen LogP contribution in [0.2, 0.25) is 0 Å². The molecule has 0 amide bonds. The molecule has 4 rings (SSSR count). The highest BCUT2D eigenvalue weighted by atomic mass is 19.4. The van der Waals surface area contributed by atoms with E-state index in [0.29, 0.717) is 30.2 Å². The first kappa shape index (κ1) is 16.3. The van der Waals surface area contributed by atoms with E-state index in [-0.39, 0.29) is 0 Å². The molecule has 8 heteroatoms. The fraction of sp³-hybridized carbons (Fsp3) is 0.167. The standard InChI is InChI=1S/C18H14F3N5/c19-18(20,21)14-3-1-2-12(6-14)13-7-16-17(24-8-13)25-11-26(16)10-15-9-22-4-5-23-15/h1-9H,10-11H2,(H,24,25). The average molecular weight is 357 g/mol. The van der Waals surface area contributed by atoms with Gasteiger partial charge in [-0.05, 0) is 23.8 Å². The lowest BCUT2D eigenvalue weighted by molar-refractivity contribution is -0.137. The molecule has 0 radical (unpaired) electrons. The first-order valence-corrected chi connectivity index (χ1v) is 7.92. The van der Waals surface area contributed by atoms with Gasteiger partial charge in [0.1, 0.15) is 0 Å². The van der Waals surface area contributed by atoms with Gasteiger partial charge in [0.25, 0.3) is 0 Å². The van der Waals surface area contributed by atoms with E-state index in [0.717, 1.165) is 23.5 Å². The van der Waals surface area contributed by atoms with Crippen LogP contribution < -0.4 is 10.2 Å². The first-order valence-electron chi connectivity index (χ1n) is 7.92. The van der Waals surface area contributed by atoms with Gasteiger partial charge in [0, 0.05) is 24.2 Å². The molecule has 26 heavy (non-hydrogen) atoms. The second-order valence-electron chi connectivity index (χ2n) is 5.90. The molecule has 0 fully saturated rings. The molecule has 0 spiro atoms.